The minimum absolute atomic E-state index is 0.182. The summed E-state index contributed by atoms with van der Waals surface area (Å²) >= 11 is 0. The van der Waals surface area contributed by atoms with E-state index >= 15 is 0 Å². The van der Waals surface area contributed by atoms with Crippen molar-refractivity contribution in [3.8, 4) is 0 Å². The van der Waals surface area contributed by atoms with Gasteiger partial charge in [0.25, 0.3) is 0 Å². The molecule has 1 unspecified atom stereocenters. The van der Waals surface area contributed by atoms with Gasteiger partial charge in [-0.2, -0.15) is 10.0 Å². The summed E-state index contributed by atoms with van der Waals surface area (Å²) in [5, 5.41) is 0. The molecule has 0 fully saturated rings. The van der Waals surface area contributed by atoms with Crippen molar-refractivity contribution in [2.75, 3.05) is 6.26 Å². The van der Waals surface area contributed by atoms with Gasteiger partial charge in [0, 0.05) is 0 Å². The van der Waals surface area contributed by atoms with Crippen LogP contribution in [0.2, 0.25) is 0 Å². The first-order chi connectivity index (χ1) is 12.4. The highest BCUT2D eigenvalue weighted by molar-refractivity contribution is 8.36. The third-order valence-electron chi connectivity index (χ3n) is 5.06. The fourth-order valence-corrected chi connectivity index (χ4v) is 6.35. The Balaban J connectivity index is 2.14. The Bertz CT molecular complexity index is 817. The van der Waals surface area contributed by atoms with Gasteiger partial charge in [0.1, 0.15) is 0 Å². The number of rotatable bonds is 3. The van der Waals surface area contributed by atoms with Gasteiger partial charge < -0.3 is 0 Å². The number of benzene rings is 2. The van der Waals surface area contributed by atoms with E-state index in [0.717, 1.165) is 12.8 Å². The lowest BCUT2D eigenvalue weighted by Crippen LogP contribution is -2.11. The summed E-state index contributed by atoms with van der Waals surface area (Å²) in [4.78, 5) is 4.30. The molecule has 0 amide bonds. The normalized spacial score (nSPS) is 22.8. The maximum atomic E-state index is 2.44. The van der Waals surface area contributed by atoms with E-state index in [-0.39, 0.29) is 5.41 Å². The van der Waals surface area contributed by atoms with Crippen LogP contribution in [0.15, 0.2) is 99.7 Å². The predicted octanol–water partition coefficient (Wildman–Crippen LogP) is 7.63. The Labute approximate surface area is 160 Å². The topological polar surface area (TPSA) is 0 Å². The molecule has 0 bridgehead atoms. The molecule has 2 aromatic carbocycles. The molecule has 136 valence electrons. The molecule has 1 aliphatic carbocycles. The summed E-state index contributed by atoms with van der Waals surface area (Å²) in [6, 6.07) is 20.4. The molecule has 1 aliphatic rings. The SMILES string of the molecule is CC(C)(C)c1ccc(S(C)(C2=C/CC/C=C/C=C\2)c2ccccc2)cc1. The Morgan fingerprint density at radius 3 is 2.08 bits per heavy atom. The highest BCUT2D eigenvalue weighted by atomic mass is 32.3. The van der Waals surface area contributed by atoms with E-state index in [4.69, 9.17) is 0 Å². The summed E-state index contributed by atoms with van der Waals surface area (Å²) in [5.41, 5.74) is 1.57. The first-order valence-electron chi connectivity index (χ1n) is 9.40. The fraction of sp³-hybridized carbons (Fsp3) is 0.280. The molecule has 0 nitrogen and oxygen atoms in total. The van der Waals surface area contributed by atoms with Crippen LogP contribution in [0.25, 0.3) is 0 Å². The van der Waals surface area contributed by atoms with E-state index < -0.39 is 10.0 Å². The van der Waals surface area contributed by atoms with Crippen LogP contribution in [0.5, 0.6) is 0 Å². The van der Waals surface area contributed by atoms with Crippen LogP contribution in [-0.2, 0) is 5.41 Å². The third kappa shape index (κ3) is 3.88. The van der Waals surface area contributed by atoms with Crippen LogP contribution < -0.4 is 0 Å². The Hall–Kier alpha value is -1.99. The van der Waals surface area contributed by atoms with Crippen LogP contribution >= 0.6 is 10.0 Å². The molecule has 0 radical (unpaired) electrons. The van der Waals surface area contributed by atoms with E-state index in [2.05, 4.69) is 112 Å². The number of allylic oxidation sites excluding steroid dienone is 5. The summed E-state index contributed by atoms with van der Waals surface area (Å²) < 4.78 is 0. The first kappa shape index (κ1) is 18.8. The lowest BCUT2D eigenvalue weighted by molar-refractivity contribution is 0.589. The molecule has 26 heavy (non-hydrogen) atoms. The molecule has 3 rings (SSSR count). The summed E-state index contributed by atoms with van der Waals surface area (Å²) in [6.07, 6.45) is 16.0. The Kier molecular flexibility index (Phi) is 5.58. The molecule has 0 aliphatic heterocycles. The van der Waals surface area contributed by atoms with Crippen LogP contribution in [-0.4, -0.2) is 6.26 Å². The highest BCUT2D eigenvalue weighted by Crippen LogP contribution is 2.66. The van der Waals surface area contributed by atoms with Gasteiger partial charge in [0.15, 0.2) is 0 Å². The summed E-state index contributed by atoms with van der Waals surface area (Å²) in [7, 11) is -1.26. The predicted molar refractivity (Wildman–Crippen MR) is 117 cm³/mol. The molecular weight excluding hydrogens is 332 g/mol. The molecule has 0 aromatic heterocycles. The van der Waals surface area contributed by atoms with E-state index in [0.29, 0.717) is 0 Å². The van der Waals surface area contributed by atoms with Crippen molar-refractivity contribution in [1.29, 1.82) is 0 Å². The van der Waals surface area contributed by atoms with Gasteiger partial charge in [-0.05, 0) is 75.1 Å². The van der Waals surface area contributed by atoms with E-state index in [9.17, 15) is 0 Å². The molecule has 0 heterocycles. The zero-order valence-corrected chi connectivity index (χ0v) is 17.2. The van der Waals surface area contributed by atoms with Crippen molar-refractivity contribution in [3.63, 3.8) is 0 Å². The quantitative estimate of drug-likeness (QED) is 0.526. The van der Waals surface area contributed by atoms with E-state index in [1.54, 1.807) is 0 Å². The van der Waals surface area contributed by atoms with Crippen LogP contribution in [0.3, 0.4) is 0 Å². The van der Waals surface area contributed by atoms with Gasteiger partial charge in [-0.25, -0.2) is 0 Å². The number of hydrogen-bond donors (Lipinski definition) is 0. The Morgan fingerprint density at radius 1 is 0.769 bits per heavy atom. The average molecular weight is 363 g/mol. The minimum Gasteiger partial charge on any atom is -0.164 e. The Morgan fingerprint density at radius 2 is 1.42 bits per heavy atom. The number of hydrogen-bond acceptors (Lipinski definition) is 0. The maximum absolute atomic E-state index is 2.44. The van der Waals surface area contributed by atoms with Gasteiger partial charge in [-0.1, -0.05) is 75.4 Å². The van der Waals surface area contributed by atoms with Crippen LogP contribution in [0, 0.1) is 0 Å². The standard InChI is InChI=1S/C25H30S/c1-25(2,3)21-17-19-24(20-18-21)26(4,23-15-11-8-12-16-23)22-13-9-6-5-7-10-14-22/h5-6,8-9,11-20H,7,10H2,1-4H3/b6-5+,13-9-,22-14+. The fourth-order valence-electron chi connectivity index (χ4n) is 3.35. The molecule has 0 saturated carbocycles. The zero-order valence-electron chi connectivity index (χ0n) is 16.4. The first-order valence-corrected chi connectivity index (χ1v) is 11.4. The molecule has 1 atom stereocenters. The summed E-state index contributed by atoms with van der Waals surface area (Å²) in [6.45, 7) is 6.83. The van der Waals surface area contributed by atoms with Crippen molar-refractivity contribution in [1.82, 2.24) is 0 Å². The minimum atomic E-state index is -1.26. The lowest BCUT2D eigenvalue weighted by atomic mass is 9.87. The second kappa shape index (κ2) is 7.72. The van der Waals surface area contributed by atoms with Gasteiger partial charge in [-0.15, -0.1) is 0 Å². The van der Waals surface area contributed by atoms with Crippen molar-refractivity contribution in [2.24, 2.45) is 0 Å². The molecule has 0 spiro atoms. The van der Waals surface area contributed by atoms with Crippen molar-refractivity contribution < 1.29 is 0 Å². The van der Waals surface area contributed by atoms with E-state index in [1.807, 2.05) is 0 Å². The molecule has 1 heteroatoms. The second-order valence-electron chi connectivity index (χ2n) is 7.98. The highest BCUT2D eigenvalue weighted by Gasteiger charge is 2.27. The molecule has 2 aromatic rings. The smallest absolute Gasteiger partial charge is 0.00211 e. The average Bonchev–Trinajstić information content (AvgIpc) is 2.61. The lowest BCUT2D eigenvalue weighted by Gasteiger charge is -2.39. The molecular formula is C25H30S. The van der Waals surface area contributed by atoms with Crippen LogP contribution in [0.1, 0.15) is 39.2 Å². The van der Waals surface area contributed by atoms with Crippen molar-refractivity contribution in [3.05, 3.63) is 95.4 Å². The molecule has 0 N–H and O–H groups in total. The summed E-state index contributed by atoms with van der Waals surface area (Å²) in [5.74, 6) is 0. The van der Waals surface area contributed by atoms with E-state index in [1.165, 1.54) is 20.3 Å². The van der Waals surface area contributed by atoms with Gasteiger partial charge in [0.2, 0.25) is 0 Å². The maximum Gasteiger partial charge on any atom is -0.00211 e. The zero-order chi connectivity index (χ0) is 18.6. The van der Waals surface area contributed by atoms with Gasteiger partial charge >= 0.3 is 0 Å². The van der Waals surface area contributed by atoms with Crippen molar-refractivity contribution in [2.45, 2.75) is 48.8 Å². The third-order valence-corrected chi connectivity index (χ3v) is 8.74. The van der Waals surface area contributed by atoms with Crippen molar-refractivity contribution >= 4 is 10.0 Å². The van der Waals surface area contributed by atoms with Crippen LogP contribution in [0.4, 0.5) is 0 Å². The van der Waals surface area contributed by atoms with Gasteiger partial charge in [-0.3, -0.25) is 0 Å². The van der Waals surface area contributed by atoms with Gasteiger partial charge in [0.05, 0.1) is 0 Å². The monoisotopic (exact) mass is 362 g/mol. The second-order valence-corrected chi connectivity index (χ2v) is 11.2. The largest absolute Gasteiger partial charge is 0.164 e. The molecule has 0 saturated heterocycles.